The largest absolute Gasteiger partial charge is 0.508 e. The van der Waals surface area contributed by atoms with E-state index in [2.05, 4.69) is 35.8 Å². The van der Waals surface area contributed by atoms with Gasteiger partial charge in [-0.05, 0) is 47.1 Å². The summed E-state index contributed by atoms with van der Waals surface area (Å²) in [5.41, 5.74) is 11.0. The van der Waals surface area contributed by atoms with Crippen LogP contribution in [-0.2, 0) is 0 Å². The molecule has 2 aromatic heterocycles. The molecule has 4 aromatic rings. The molecular formula is C19H16N8O3. The normalized spacial score (nSPS) is 11.1. The molecule has 0 saturated carbocycles. The molecule has 0 saturated heterocycles. The standard InChI is InChI=1S/C19H16N8O3/c1-11-2-6-13(7-3-11)16-15(22-26-27(16)18-17(20)24-30-25-18)19(29)23-21-10-12-4-8-14(28)9-5-12/h2-10,28H,1H3,(H2,20,24)(H,23,29)/b21-10-. The molecule has 1 amide bonds. The first-order valence-corrected chi connectivity index (χ1v) is 8.76. The number of hydrazone groups is 1. The van der Waals surface area contributed by atoms with Crippen molar-refractivity contribution in [3.8, 4) is 22.8 Å². The van der Waals surface area contributed by atoms with Crippen molar-refractivity contribution >= 4 is 17.9 Å². The fourth-order valence-electron chi connectivity index (χ4n) is 2.67. The molecule has 2 heterocycles. The van der Waals surface area contributed by atoms with E-state index in [4.69, 9.17) is 5.73 Å². The van der Waals surface area contributed by atoms with Crippen molar-refractivity contribution in [1.82, 2.24) is 30.7 Å². The van der Waals surface area contributed by atoms with E-state index >= 15 is 0 Å². The van der Waals surface area contributed by atoms with Crippen LogP contribution in [0.5, 0.6) is 5.75 Å². The summed E-state index contributed by atoms with van der Waals surface area (Å²) in [6.45, 7) is 1.95. The molecule has 11 heteroatoms. The van der Waals surface area contributed by atoms with E-state index in [-0.39, 0.29) is 23.1 Å². The summed E-state index contributed by atoms with van der Waals surface area (Å²) in [4.78, 5) is 12.7. The molecule has 0 unspecified atom stereocenters. The van der Waals surface area contributed by atoms with E-state index in [0.717, 1.165) is 5.56 Å². The van der Waals surface area contributed by atoms with E-state index in [1.165, 1.54) is 23.0 Å². The van der Waals surface area contributed by atoms with Crippen LogP contribution in [0.2, 0.25) is 0 Å². The number of amides is 1. The summed E-state index contributed by atoms with van der Waals surface area (Å²) in [6, 6.07) is 13.8. The zero-order chi connectivity index (χ0) is 21.1. The number of anilines is 1. The van der Waals surface area contributed by atoms with E-state index in [9.17, 15) is 9.90 Å². The number of phenolic OH excluding ortho intramolecular Hbond substituents is 1. The van der Waals surface area contributed by atoms with Gasteiger partial charge in [0.25, 0.3) is 5.91 Å². The molecular weight excluding hydrogens is 388 g/mol. The van der Waals surface area contributed by atoms with Crippen molar-refractivity contribution < 1.29 is 14.5 Å². The Morgan fingerprint density at radius 1 is 1.17 bits per heavy atom. The summed E-state index contributed by atoms with van der Waals surface area (Å²) < 4.78 is 5.93. The smallest absolute Gasteiger partial charge is 0.294 e. The summed E-state index contributed by atoms with van der Waals surface area (Å²) in [7, 11) is 0. The highest BCUT2D eigenvalue weighted by atomic mass is 16.6. The molecule has 0 aliphatic carbocycles. The van der Waals surface area contributed by atoms with Gasteiger partial charge in [-0.3, -0.25) is 4.79 Å². The Balaban J connectivity index is 1.68. The van der Waals surface area contributed by atoms with Gasteiger partial charge in [0.15, 0.2) is 5.69 Å². The molecule has 30 heavy (non-hydrogen) atoms. The minimum absolute atomic E-state index is 0.00516. The predicted molar refractivity (Wildman–Crippen MR) is 107 cm³/mol. The summed E-state index contributed by atoms with van der Waals surface area (Å²) in [6.07, 6.45) is 1.44. The number of aromatic nitrogens is 5. The minimum Gasteiger partial charge on any atom is -0.508 e. The number of benzene rings is 2. The molecule has 4 N–H and O–H groups in total. The molecule has 0 spiro atoms. The monoisotopic (exact) mass is 404 g/mol. The minimum atomic E-state index is -0.582. The Bertz CT molecular complexity index is 1210. The van der Waals surface area contributed by atoms with Crippen molar-refractivity contribution in [2.45, 2.75) is 6.92 Å². The first kappa shape index (κ1) is 18.8. The lowest BCUT2D eigenvalue weighted by Gasteiger charge is -2.06. The van der Waals surface area contributed by atoms with Crippen LogP contribution in [0.25, 0.3) is 17.1 Å². The second-order valence-electron chi connectivity index (χ2n) is 6.33. The van der Waals surface area contributed by atoms with Crippen LogP contribution < -0.4 is 11.2 Å². The van der Waals surface area contributed by atoms with Gasteiger partial charge in [0, 0.05) is 5.56 Å². The number of nitrogens with two attached hydrogens (primary N) is 1. The average molecular weight is 404 g/mol. The van der Waals surface area contributed by atoms with Crippen molar-refractivity contribution in [3.63, 3.8) is 0 Å². The first-order valence-electron chi connectivity index (χ1n) is 8.76. The van der Waals surface area contributed by atoms with Gasteiger partial charge in [-0.2, -0.15) is 9.78 Å². The van der Waals surface area contributed by atoms with Gasteiger partial charge < -0.3 is 10.8 Å². The Morgan fingerprint density at radius 2 is 1.90 bits per heavy atom. The average Bonchev–Trinajstić information content (AvgIpc) is 3.36. The number of nitrogens with one attached hydrogen (secondary N) is 1. The lowest BCUT2D eigenvalue weighted by atomic mass is 10.1. The van der Waals surface area contributed by atoms with Crippen LogP contribution in [0.1, 0.15) is 21.6 Å². The number of nitrogens with zero attached hydrogens (tertiary/aromatic N) is 6. The molecule has 2 aromatic carbocycles. The number of hydrogen-bond acceptors (Lipinski definition) is 9. The number of aryl methyl sites for hydroxylation is 1. The second-order valence-corrected chi connectivity index (χ2v) is 6.33. The lowest BCUT2D eigenvalue weighted by Crippen LogP contribution is -2.19. The third-order valence-electron chi connectivity index (χ3n) is 4.18. The van der Waals surface area contributed by atoms with Crippen LogP contribution in [0.4, 0.5) is 5.82 Å². The van der Waals surface area contributed by atoms with Gasteiger partial charge in [0.2, 0.25) is 11.6 Å². The van der Waals surface area contributed by atoms with Gasteiger partial charge in [0.05, 0.1) is 6.21 Å². The maximum atomic E-state index is 12.7. The van der Waals surface area contributed by atoms with Gasteiger partial charge >= 0.3 is 0 Å². The highest BCUT2D eigenvalue weighted by Gasteiger charge is 2.25. The van der Waals surface area contributed by atoms with Crippen molar-refractivity contribution in [1.29, 1.82) is 0 Å². The highest BCUT2D eigenvalue weighted by Crippen LogP contribution is 2.26. The van der Waals surface area contributed by atoms with Gasteiger partial charge in [-0.25, -0.2) is 10.1 Å². The zero-order valence-corrected chi connectivity index (χ0v) is 15.7. The van der Waals surface area contributed by atoms with Crippen LogP contribution in [0.15, 0.2) is 58.3 Å². The second kappa shape index (κ2) is 7.83. The number of aromatic hydroxyl groups is 1. The van der Waals surface area contributed by atoms with E-state index in [1.807, 2.05) is 31.2 Å². The summed E-state index contributed by atoms with van der Waals surface area (Å²) in [5.74, 6) is -0.325. The van der Waals surface area contributed by atoms with Crippen LogP contribution >= 0.6 is 0 Å². The topological polar surface area (TPSA) is 157 Å². The third-order valence-corrected chi connectivity index (χ3v) is 4.18. The third kappa shape index (κ3) is 3.71. The Morgan fingerprint density at radius 3 is 2.57 bits per heavy atom. The predicted octanol–water partition coefficient (Wildman–Crippen LogP) is 1.68. The number of carbonyl (C=O) groups excluding carboxylic acids is 1. The maximum absolute atomic E-state index is 12.7. The molecule has 4 rings (SSSR count). The van der Waals surface area contributed by atoms with Crippen molar-refractivity contribution in [2.75, 3.05) is 5.73 Å². The highest BCUT2D eigenvalue weighted by molar-refractivity contribution is 5.98. The van der Waals surface area contributed by atoms with Gasteiger partial charge in [-0.15, -0.1) is 5.10 Å². The Kier molecular flexibility index (Phi) is 4.91. The molecule has 0 bridgehead atoms. The van der Waals surface area contributed by atoms with Crippen molar-refractivity contribution in [3.05, 3.63) is 65.4 Å². The van der Waals surface area contributed by atoms with E-state index in [0.29, 0.717) is 16.8 Å². The maximum Gasteiger partial charge on any atom is 0.294 e. The molecule has 11 nitrogen and oxygen atoms in total. The fraction of sp³-hybridized carbons (Fsp3) is 0.0526. The molecule has 0 aliphatic rings. The quantitative estimate of drug-likeness (QED) is 0.335. The lowest BCUT2D eigenvalue weighted by molar-refractivity contribution is 0.0950. The first-order chi connectivity index (χ1) is 14.5. The molecule has 0 aliphatic heterocycles. The number of phenols is 1. The van der Waals surface area contributed by atoms with Crippen LogP contribution in [0.3, 0.4) is 0 Å². The number of nitrogen functional groups attached to an aromatic ring is 1. The Labute approximate surface area is 169 Å². The SMILES string of the molecule is Cc1ccc(-c2c(C(=O)N/N=C\c3ccc(O)cc3)nnn2-c2nonc2N)cc1. The van der Waals surface area contributed by atoms with Gasteiger partial charge in [-0.1, -0.05) is 35.0 Å². The summed E-state index contributed by atoms with van der Waals surface area (Å²) in [5, 5.41) is 28.5. The summed E-state index contributed by atoms with van der Waals surface area (Å²) >= 11 is 0. The Hall–Kier alpha value is -4.54. The fourth-order valence-corrected chi connectivity index (χ4v) is 2.67. The molecule has 0 radical (unpaired) electrons. The van der Waals surface area contributed by atoms with Gasteiger partial charge in [0.1, 0.15) is 11.4 Å². The molecule has 0 atom stereocenters. The van der Waals surface area contributed by atoms with Crippen molar-refractivity contribution in [2.24, 2.45) is 5.10 Å². The number of rotatable bonds is 5. The number of carbonyl (C=O) groups is 1. The zero-order valence-electron chi connectivity index (χ0n) is 15.7. The van der Waals surface area contributed by atoms with Crippen LogP contribution in [-0.4, -0.2) is 42.5 Å². The number of hydrogen-bond donors (Lipinski definition) is 3. The molecule has 0 fully saturated rings. The van der Waals surface area contributed by atoms with Crippen LogP contribution in [0, 0.1) is 6.92 Å². The van der Waals surface area contributed by atoms with E-state index in [1.54, 1.807) is 12.1 Å². The van der Waals surface area contributed by atoms with E-state index < -0.39 is 5.91 Å². The molecule has 150 valence electrons.